The van der Waals surface area contributed by atoms with Gasteiger partial charge in [0.05, 0.1) is 12.8 Å². The molecule has 0 atom stereocenters. The van der Waals surface area contributed by atoms with E-state index in [0.717, 1.165) is 17.1 Å². The molecule has 1 saturated heterocycles. The molecule has 10 nitrogen and oxygen atoms in total. The van der Waals surface area contributed by atoms with Gasteiger partial charge in [-0.25, -0.2) is 13.2 Å². The zero-order chi connectivity index (χ0) is 20.4. The monoisotopic (exact) mass is 422 g/mol. The van der Waals surface area contributed by atoms with Crippen LogP contribution in [0.2, 0.25) is 0 Å². The lowest BCUT2D eigenvalue weighted by atomic mass is 10.2. The number of piperazine rings is 1. The van der Waals surface area contributed by atoms with Gasteiger partial charge in [-0.1, -0.05) is 6.07 Å². The lowest BCUT2D eigenvalue weighted by Crippen LogP contribution is -2.48. The molecule has 156 valence electrons. The Morgan fingerprint density at radius 1 is 1.21 bits per heavy atom. The summed E-state index contributed by atoms with van der Waals surface area (Å²) in [5.74, 6) is 0.761. The summed E-state index contributed by atoms with van der Waals surface area (Å²) in [5, 5.41) is 5.94. The van der Waals surface area contributed by atoms with Gasteiger partial charge >= 0.3 is 5.97 Å². The van der Waals surface area contributed by atoms with Crippen molar-refractivity contribution in [2.24, 2.45) is 0 Å². The van der Waals surface area contributed by atoms with Gasteiger partial charge in [0.2, 0.25) is 6.79 Å². The van der Waals surface area contributed by atoms with Crippen LogP contribution in [0.4, 0.5) is 0 Å². The van der Waals surface area contributed by atoms with Gasteiger partial charge in [0, 0.05) is 32.7 Å². The second-order valence-corrected chi connectivity index (χ2v) is 8.58. The fourth-order valence-electron chi connectivity index (χ4n) is 3.38. The van der Waals surface area contributed by atoms with Crippen LogP contribution in [0.1, 0.15) is 22.8 Å². The Morgan fingerprint density at radius 2 is 1.97 bits per heavy atom. The van der Waals surface area contributed by atoms with E-state index in [-0.39, 0.29) is 24.0 Å². The van der Waals surface area contributed by atoms with E-state index in [1.807, 2.05) is 18.2 Å². The summed E-state index contributed by atoms with van der Waals surface area (Å²) in [4.78, 5) is 14.2. The molecule has 0 unspecified atom stereocenters. The first-order valence-corrected chi connectivity index (χ1v) is 10.7. The number of esters is 1. The SMILES string of the molecule is CCOC(=O)c1cn[nH]c1S(=O)(=O)N1CCN(Cc2ccc3c(c2)OCO3)CC1. The van der Waals surface area contributed by atoms with E-state index in [2.05, 4.69) is 15.1 Å². The summed E-state index contributed by atoms with van der Waals surface area (Å²) in [7, 11) is -3.87. The summed E-state index contributed by atoms with van der Waals surface area (Å²) < 4.78 is 42.9. The number of fused-ring (bicyclic) bond motifs is 1. The Balaban J connectivity index is 1.40. The Bertz CT molecular complexity index is 998. The van der Waals surface area contributed by atoms with Crippen molar-refractivity contribution in [2.75, 3.05) is 39.6 Å². The topological polar surface area (TPSA) is 114 Å². The highest BCUT2D eigenvalue weighted by atomic mass is 32.2. The van der Waals surface area contributed by atoms with Gasteiger partial charge in [0.1, 0.15) is 5.56 Å². The number of benzene rings is 1. The molecule has 0 amide bonds. The molecule has 0 saturated carbocycles. The van der Waals surface area contributed by atoms with Crippen LogP contribution in [0.3, 0.4) is 0 Å². The van der Waals surface area contributed by atoms with Gasteiger partial charge in [-0.2, -0.15) is 9.40 Å². The third kappa shape index (κ3) is 3.93. The number of carbonyl (C=O) groups is 1. The second-order valence-electron chi connectivity index (χ2n) is 6.70. The van der Waals surface area contributed by atoms with Crippen LogP contribution >= 0.6 is 0 Å². The lowest BCUT2D eigenvalue weighted by molar-refractivity contribution is 0.0521. The van der Waals surface area contributed by atoms with Gasteiger partial charge in [0.25, 0.3) is 10.0 Å². The number of nitrogens with one attached hydrogen (secondary N) is 1. The summed E-state index contributed by atoms with van der Waals surface area (Å²) in [6.45, 7) is 4.49. The van der Waals surface area contributed by atoms with Crippen LogP contribution in [0.25, 0.3) is 0 Å². The molecule has 2 aliphatic heterocycles. The average molecular weight is 422 g/mol. The first-order valence-electron chi connectivity index (χ1n) is 9.30. The van der Waals surface area contributed by atoms with E-state index in [4.69, 9.17) is 14.2 Å². The van der Waals surface area contributed by atoms with Crippen molar-refractivity contribution in [3.63, 3.8) is 0 Å². The molecule has 11 heteroatoms. The molecule has 4 rings (SSSR count). The normalized spacial score (nSPS) is 17.4. The molecule has 29 heavy (non-hydrogen) atoms. The molecular formula is C18H22N4O6S. The van der Waals surface area contributed by atoms with Crippen molar-refractivity contribution in [2.45, 2.75) is 18.5 Å². The van der Waals surface area contributed by atoms with Crippen molar-refractivity contribution >= 4 is 16.0 Å². The van der Waals surface area contributed by atoms with Crippen molar-refractivity contribution in [1.82, 2.24) is 19.4 Å². The summed E-state index contributed by atoms with van der Waals surface area (Å²) in [5.41, 5.74) is 0.998. The minimum Gasteiger partial charge on any atom is -0.462 e. The number of aromatic amines is 1. The maximum atomic E-state index is 13.0. The van der Waals surface area contributed by atoms with Crippen molar-refractivity contribution in [3.8, 4) is 11.5 Å². The van der Waals surface area contributed by atoms with E-state index in [1.165, 1.54) is 10.5 Å². The van der Waals surface area contributed by atoms with Crippen LogP contribution in [0, 0.1) is 0 Å². The maximum Gasteiger partial charge on any atom is 0.342 e. The van der Waals surface area contributed by atoms with Gasteiger partial charge in [-0.05, 0) is 24.6 Å². The summed E-state index contributed by atoms with van der Waals surface area (Å²) >= 11 is 0. The molecule has 0 bridgehead atoms. The Morgan fingerprint density at radius 3 is 2.72 bits per heavy atom. The quantitative estimate of drug-likeness (QED) is 0.681. The first kappa shape index (κ1) is 19.7. The Hall–Kier alpha value is -2.63. The third-order valence-corrected chi connectivity index (χ3v) is 6.74. The molecule has 2 aromatic rings. The van der Waals surface area contributed by atoms with E-state index in [9.17, 15) is 13.2 Å². The minimum atomic E-state index is -3.87. The van der Waals surface area contributed by atoms with Crippen LogP contribution < -0.4 is 9.47 Å². The van der Waals surface area contributed by atoms with Crippen molar-refractivity contribution in [1.29, 1.82) is 0 Å². The van der Waals surface area contributed by atoms with Crippen molar-refractivity contribution in [3.05, 3.63) is 35.5 Å². The predicted octanol–water partition coefficient (Wildman–Crippen LogP) is 0.822. The molecule has 1 aromatic carbocycles. The smallest absolute Gasteiger partial charge is 0.342 e. The number of aromatic nitrogens is 2. The zero-order valence-corrected chi connectivity index (χ0v) is 16.8. The molecule has 3 heterocycles. The number of H-pyrrole nitrogens is 1. The number of ether oxygens (including phenoxy) is 3. The number of sulfonamides is 1. The van der Waals surface area contributed by atoms with Crippen LogP contribution in [0.15, 0.2) is 29.4 Å². The van der Waals surface area contributed by atoms with Crippen LogP contribution in [-0.4, -0.2) is 73.4 Å². The average Bonchev–Trinajstić information content (AvgIpc) is 3.38. The molecule has 0 spiro atoms. The molecule has 2 aliphatic rings. The number of hydrogen-bond donors (Lipinski definition) is 1. The summed E-state index contributed by atoms with van der Waals surface area (Å²) in [6, 6.07) is 5.81. The van der Waals surface area contributed by atoms with Crippen LogP contribution in [-0.2, 0) is 21.3 Å². The molecule has 1 N–H and O–H groups in total. The third-order valence-electron chi connectivity index (χ3n) is 4.87. The number of nitrogens with zero attached hydrogens (tertiary/aromatic N) is 3. The van der Waals surface area contributed by atoms with Gasteiger partial charge in [-0.3, -0.25) is 10.00 Å². The van der Waals surface area contributed by atoms with Gasteiger partial charge in [0.15, 0.2) is 16.5 Å². The number of hydrogen-bond acceptors (Lipinski definition) is 8. The highest BCUT2D eigenvalue weighted by Crippen LogP contribution is 2.33. The highest BCUT2D eigenvalue weighted by molar-refractivity contribution is 7.89. The Labute approximate surface area is 168 Å². The first-order chi connectivity index (χ1) is 14.0. The van der Waals surface area contributed by atoms with E-state index < -0.39 is 16.0 Å². The van der Waals surface area contributed by atoms with Crippen molar-refractivity contribution < 1.29 is 27.4 Å². The second kappa shape index (κ2) is 8.01. The zero-order valence-electron chi connectivity index (χ0n) is 16.0. The summed E-state index contributed by atoms with van der Waals surface area (Å²) in [6.07, 6.45) is 1.18. The van der Waals surface area contributed by atoms with E-state index in [1.54, 1.807) is 6.92 Å². The van der Waals surface area contributed by atoms with E-state index in [0.29, 0.717) is 32.7 Å². The van der Waals surface area contributed by atoms with Crippen LogP contribution in [0.5, 0.6) is 11.5 Å². The molecular weight excluding hydrogens is 400 g/mol. The van der Waals surface area contributed by atoms with Gasteiger partial charge in [-0.15, -0.1) is 0 Å². The molecule has 0 aliphatic carbocycles. The molecule has 0 radical (unpaired) electrons. The lowest BCUT2D eigenvalue weighted by Gasteiger charge is -2.33. The minimum absolute atomic E-state index is 0.0744. The molecule has 1 fully saturated rings. The Kier molecular flexibility index (Phi) is 5.43. The van der Waals surface area contributed by atoms with E-state index >= 15 is 0 Å². The largest absolute Gasteiger partial charge is 0.462 e. The fourth-order valence-corrected chi connectivity index (χ4v) is 4.86. The highest BCUT2D eigenvalue weighted by Gasteiger charge is 2.33. The predicted molar refractivity (Wildman–Crippen MR) is 101 cm³/mol. The maximum absolute atomic E-state index is 13.0. The number of carbonyl (C=O) groups excluding carboxylic acids is 1. The standard InChI is InChI=1S/C18H22N4O6S/c1-2-26-18(23)14-10-19-20-17(14)29(24,25)22-7-5-21(6-8-22)11-13-3-4-15-16(9-13)28-12-27-15/h3-4,9-10H,2,5-8,11-12H2,1H3,(H,19,20). The van der Waals surface area contributed by atoms with Gasteiger partial charge < -0.3 is 14.2 Å². The number of rotatable bonds is 6. The fraction of sp³-hybridized carbons (Fsp3) is 0.444. The molecule has 1 aromatic heterocycles.